The number of aldehydes is 1. The molecule has 2 rings (SSSR count). The quantitative estimate of drug-likeness (QED) is 0.554. The molecule has 0 aliphatic carbocycles. The molecule has 0 fully saturated rings. The summed E-state index contributed by atoms with van der Waals surface area (Å²) in [4.78, 5) is 10.4. The van der Waals surface area contributed by atoms with Crippen LogP contribution in [0.15, 0.2) is 40.8 Å². The second-order valence-electron chi connectivity index (χ2n) is 2.94. The van der Waals surface area contributed by atoms with Gasteiger partial charge in [-0.3, -0.25) is 4.79 Å². The number of hydrogen-bond acceptors (Lipinski definition) is 2. The van der Waals surface area contributed by atoms with Gasteiger partial charge in [-0.05, 0) is 17.4 Å². The Kier molecular flexibility index (Phi) is 2.47. The van der Waals surface area contributed by atoms with E-state index < -0.39 is 0 Å². The predicted molar refractivity (Wildman–Crippen MR) is 58.9 cm³/mol. The zero-order valence-corrected chi connectivity index (χ0v) is 8.59. The van der Waals surface area contributed by atoms with Crippen molar-refractivity contribution in [3.8, 4) is 11.3 Å². The maximum atomic E-state index is 10.4. The second-order valence-corrected chi connectivity index (χ2v) is 3.61. The molecule has 2 aromatic rings. The van der Waals surface area contributed by atoms with Gasteiger partial charge in [0.2, 0.25) is 0 Å². The smallest absolute Gasteiger partial charge is 0.185 e. The molecule has 0 spiro atoms. The molecule has 0 saturated heterocycles. The summed E-state index contributed by atoms with van der Waals surface area (Å²) in [6, 6.07) is 11.3. The van der Waals surface area contributed by atoms with Crippen LogP contribution in [0.3, 0.4) is 0 Å². The van der Waals surface area contributed by atoms with Gasteiger partial charge in [0.25, 0.3) is 0 Å². The van der Waals surface area contributed by atoms with E-state index in [-0.39, 0.29) is 0 Å². The molecular formula is C11H9O2P. The van der Waals surface area contributed by atoms with E-state index in [1.807, 2.05) is 24.3 Å². The van der Waals surface area contributed by atoms with Crippen LogP contribution < -0.4 is 5.30 Å². The van der Waals surface area contributed by atoms with Gasteiger partial charge in [-0.15, -0.1) is 9.24 Å². The molecule has 0 amide bonds. The van der Waals surface area contributed by atoms with Crippen LogP contribution in [0.25, 0.3) is 11.3 Å². The van der Waals surface area contributed by atoms with Crippen molar-refractivity contribution < 1.29 is 9.21 Å². The molecule has 1 aromatic carbocycles. The van der Waals surface area contributed by atoms with Crippen LogP contribution in [0.1, 0.15) is 10.6 Å². The van der Waals surface area contributed by atoms with Gasteiger partial charge < -0.3 is 4.42 Å². The van der Waals surface area contributed by atoms with Gasteiger partial charge in [-0.25, -0.2) is 0 Å². The van der Waals surface area contributed by atoms with Crippen molar-refractivity contribution in [3.63, 3.8) is 0 Å². The maximum absolute atomic E-state index is 10.4. The molecule has 0 N–H and O–H groups in total. The first kappa shape index (κ1) is 9.17. The first-order chi connectivity index (χ1) is 6.79. The van der Waals surface area contributed by atoms with Crippen molar-refractivity contribution in [2.24, 2.45) is 0 Å². The lowest BCUT2D eigenvalue weighted by atomic mass is 10.2. The molecular weight excluding hydrogens is 195 g/mol. The molecule has 0 aliphatic heterocycles. The van der Waals surface area contributed by atoms with Gasteiger partial charge in [0, 0.05) is 5.56 Å². The minimum absolute atomic E-state index is 0.356. The predicted octanol–water partition coefficient (Wildman–Crippen LogP) is 2.26. The number of carbonyl (C=O) groups excluding carboxylic acids is 1. The molecule has 14 heavy (non-hydrogen) atoms. The largest absolute Gasteiger partial charge is 0.453 e. The Hall–Kier alpha value is -1.40. The van der Waals surface area contributed by atoms with Crippen molar-refractivity contribution in [1.29, 1.82) is 0 Å². The highest BCUT2D eigenvalue weighted by atomic mass is 31.0. The maximum Gasteiger partial charge on any atom is 0.185 e. The number of rotatable bonds is 2. The summed E-state index contributed by atoms with van der Waals surface area (Å²) in [5.74, 6) is 1.08. The van der Waals surface area contributed by atoms with Crippen LogP contribution in [0.4, 0.5) is 0 Å². The summed E-state index contributed by atoms with van der Waals surface area (Å²) in [6.07, 6.45) is 0.702. The van der Waals surface area contributed by atoms with E-state index in [1.165, 1.54) is 0 Å². The third kappa shape index (κ3) is 1.75. The molecule has 1 aromatic heterocycles. The van der Waals surface area contributed by atoms with E-state index in [0.29, 0.717) is 12.0 Å². The summed E-state index contributed by atoms with van der Waals surface area (Å²) in [5.41, 5.74) is 0.976. The van der Waals surface area contributed by atoms with Crippen LogP contribution in [0.2, 0.25) is 0 Å². The van der Waals surface area contributed by atoms with E-state index in [9.17, 15) is 4.79 Å². The molecule has 0 bridgehead atoms. The summed E-state index contributed by atoms with van der Waals surface area (Å²) in [6.45, 7) is 0. The van der Waals surface area contributed by atoms with Crippen molar-refractivity contribution in [2.45, 2.75) is 0 Å². The standard InChI is InChI=1S/C11H9O2P/c12-7-9-3-6-11(13-9)8-1-4-10(14)5-2-8/h1-7H,14H2. The van der Waals surface area contributed by atoms with Crippen LogP contribution in [-0.4, -0.2) is 6.29 Å². The van der Waals surface area contributed by atoms with Gasteiger partial charge >= 0.3 is 0 Å². The Balaban J connectivity index is 2.39. The fraction of sp³-hybridized carbons (Fsp3) is 0. The summed E-state index contributed by atoms with van der Waals surface area (Å²) in [5, 5.41) is 1.12. The highest BCUT2D eigenvalue weighted by Gasteiger charge is 2.02. The normalized spacial score (nSPS) is 10.1. The SMILES string of the molecule is O=Cc1ccc(-c2ccc(P)cc2)o1. The lowest BCUT2D eigenvalue weighted by Gasteiger charge is -1.96. The zero-order chi connectivity index (χ0) is 9.97. The summed E-state index contributed by atoms with van der Waals surface area (Å²) in [7, 11) is 2.62. The van der Waals surface area contributed by atoms with Gasteiger partial charge in [0.15, 0.2) is 12.0 Å². The van der Waals surface area contributed by atoms with Crippen LogP contribution >= 0.6 is 9.24 Å². The molecule has 3 heteroatoms. The van der Waals surface area contributed by atoms with E-state index in [2.05, 4.69) is 9.24 Å². The molecule has 1 atom stereocenters. The Morgan fingerprint density at radius 2 is 1.79 bits per heavy atom. The van der Waals surface area contributed by atoms with Gasteiger partial charge in [-0.1, -0.05) is 24.3 Å². The van der Waals surface area contributed by atoms with E-state index in [1.54, 1.807) is 12.1 Å². The lowest BCUT2D eigenvalue weighted by Crippen LogP contribution is -1.86. The summed E-state index contributed by atoms with van der Waals surface area (Å²) >= 11 is 0. The molecule has 1 heterocycles. The first-order valence-electron chi connectivity index (χ1n) is 4.20. The molecule has 0 radical (unpaired) electrons. The van der Waals surface area contributed by atoms with Crippen LogP contribution in [-0.2, 0) is 0 Å². The molecule has 0 aliphatic rings. The van der Waals surface area contributed by atoms with Crippen LogP contribution in [0.5, 0.6) is 0 Å². The minimum Gasteiger partial charge on any atom is -0.453 e. The third-order valence-corrected chi connectivity index (χ3v) is 2.32. The minimum atomic E-state index is 0.356. The Bertz CT molecular complexity index is 443. The third-order valence-electron chi connectivity index (χ3n) is 1.94. The number of hydrogen-bond donors (Lipinski definition) is 0. The van der Waals surface area contributed by atoms with Gasteiger partial charge in [0.05, 0.1) is 0 Å². The monoisotopic (exact) mass is 204 g/mol. The Morgan fingerprint density at radius 1 is 1.07 bits per heavy atom. The van der Waals surface area contributed by atoms with Gasteiger partial charge in [-0.2, -0.15) is 0 Å². The Labute approximate surface area is 84.1 Å². The topological polar surface area (TPSA) is 30.2 Å². The number of benzene rings is 1. The number of carbonyl (C=O) groups is 1. The summed E-state index contributed by atoms with van der Waals surface area (Å²) < 4.78 is 5.28. The fourth-order valence-corrected chi connectivity index (χ4v) is 1.41. The van der Waals surface area contributed by atoms with Crippen molar-refractivity contribution in [3.05, 3.63) is 42.2 Å². The fourth-order valence-electron chi connectivity index (χ4n) is 1.22. The number of furan rings is 1. The van der Waals surface area contributed by atoms with Crippen molar-refractivity contribution >= 4 is 20.8 Å². The van der Waals surface area contributed by atoms with Crippen molar-refractivity contribution in [1.82, 2.24) is 0 Å². The van der Waals surface area contributed by atoms with E-state index >= 15 is 0 Å². The average Bonchev–Trinajstić information content (AvgIpc) is 2.67. The lowest BCUT2D eigenvalue weighted by molar-refractivity contribution is 0.110. The highest BCUT2D eigenvalue weighted by Crippen LogP contribution is 2.20. The Morgan fingerprint density at radius 3 is 2.36 bits per heavy atom. The first-order valence-corrected chi connectivity index (χ1v) is 4.78. The average molecular weight is 204 g/mol. The molecule has 70 valence electrons. The van der Waals surface area contributed by atoms with Gasteiger partial charge in [0.1, 0.15) is 5.76 Å². The molecule has 2 nitrogen and oxygen atoms in total. The highest BCUT2D eigenvalue weighted by molar-refractivity contribution is 7.27. The molecule has 0 saturated carbocycles. The van der Waals surface area contributed by atoms with Crippen LogP contribution in [0, 0.1) is 0 Å². The van der Waals surface area contributed by atoms with E-state index in [4.69, 9.17) is 4.42 Å². The second kappa shape index (κ2) is 3.77. The van der Waals surface area contributed by atoms with E-state index in [0.717, 1.165) is 16.6 Å². The zero-order valence-electron chi connectivity index (χ0n) is 7.44. The molecule has 1 unspecified atom stereocenters. The van der Waals surface area contributed by atoms with Crippen molar-refractivity contribution in [2.75, 3.05) is 0 Å².